The van der Waals surface area contributed by atoms with Gasteiger partial charge in [-0.05, 0) is 32.6 Å². The monoisotopic (exact) mass is 188 g/mol. The van der Waals surface area contributed by atoms with Gasteiger partial charge in [0.1, 0.15) is 0 Å². The highest BCUT2D eigenvalue weighted by atomic mass is 16.5. The Labute approximate surface area is 82.3 Å². The van der Waals surface area contributed by atoms with E-state index in [1.807, 2.05) is 6.92 Å². The average Bonchev–Trinajstić information content (AvgIpc) is 2.00. The molecular formula is C11H24O2. The Balaban J connectivity index is 3.40. The predicted molar refractivity (Wildman–Crippen MR) is 55.8 cm³/mol. The number of hydrogen-bond acceptors (Lipinski definition) is 2. The normalized spacial score (nSPS) is 18.2. The molecule has 0 spiro atoms. The Kier molecular flexibility index (Phi) is 7.29. The predicted octanol–water partition coefficient (Wildman–Crippen LogP) is 2.60. The minimum Gasteiger partial charge on any atom is -0.393 e. The second-order valence-corrected chi connectivity index (χ2v) is 4.12. The Morgan fingerprint density at radius 3 is 2.31 bits per heavy atom. The second-order valence-electron chi connectivity index (χ2n) is 4.12. The van der Waals surface area contributed by atoms with Gasteiger partial charge in [0.15, 0.2) is 0 Å². The highest BCUT2D eigenvalue weighted by molar-refractivity contribution is 4.57. The average molecular weight is 188 g/mol. The van der Waals surface area contributed by atoms with Crippen LogP contribution in [-0.4, -0.2) is 23.9 Å². The van der Waals surface area contributed by atoms with Gasteiger partial charge < -0.3 is 9.84 Å². The topological polar surface area (TPSA) is 29.5 Å². The highest BCUT2D eigenvalue weighted by Crippen LogP contribution is 2.09. The van der Waals surface area contributed by atoms with Crippen LogP contribution in [0.15, 0.2) is 0 Å². The zero-order valence-corrected chi connectivity index (χ0v) is 9.42. The van der Waals surface area contributed by atoms with E-state index in [0.717, 1.165) is 13.0 Å². The van der Waals surface area contributed by atoms with Crippen LogP contribution >= 0.6 is 0 Å². The maximum atomic E-state index is 9.11. The summed E-state index contributed by atoms with van der Waals surface area (Å²) in [6.45, 7) is 9.04. The van der Waals surface area contributed by atoms with Crippen LogP contribution in [0.1, 0.15) is 47.0 Å². The Bertz CT molecular complexity index is 113. The van der Waals surface area contributed by atoms with Gasteiger partial charge in [0.25, 0.3) is 0 Å². The molecule has 1 N–H and O–H groups in total. The van der Waals surface area contributed by atoms with E-state index in [1.165, 1.54) is 12.8 Å². The van der Waals surface area contributed by atoms with E-state index >= 15 is 0 Å². The van der Waals surface area contributed by atoms with Gasteiger partial charge in [0, 0.05) is 6.61 Å². The van der Waals surface area contributed by atoms with Gasteiger partial charge in [0.2, 0.25) is 0 Å². The fraction of sp³-hybridized carbons (Fsp3) is 1.00. The molecule has 0 rings (SSSR count). The van der Waals surface area contributed by atoms with Crippen molar-refractivity contribution in [2.24, 2.45) is 5.92 Å². The Morgan fingerprint density at radius 2 is 1.85 bits per heavy atom. The first-order valence-corrected chi connectivity index (χ1v) is 5.35. The van der Waals surface area contributed by atoms with Crippen molar-refractivity contribution in [2.75, 3.05) is 6.61 Å². The summed E-state index contributed by atoms with van der Waals surface area (Å²) in [5, 5.41) is 9.11. The fourth-order valence-electron chi connectivity index (χ4n) is 1.45. The van der Waals surface area contributed by atoms with Gasteiger partial charge in [-0.25, -0.2) is 0 Å². The molecule has 0 aliphatic heterocycles. The quantitative estimate of drug-likeness (QED) is 0.665. The zero-order chi connectivity index (χ0) is 10.3. The van der Waals surface area contributed by atoms with Crippen molar-refractivity contribution < 1.29 is 9.84 Å². The van der Waals surface area contributed by atoms with Crippen molar-refractivity contribution >= 4 is 0 Å². The van der Waals surface area contributed by atoms with E-state index in [1.54, 1.807) is 6.92 Å². The molecule has 0 aromatic rings. The standard InChI is InChI=1S/C11H24O2/c1-5-6-9(2)8-13-11(4)7-10(3)12/h9-12H,5-8H2,1-4H3. The van der Waals surface area contributed by atoms with Gasteiger partial charge in [-0.2, -0.15) is 0 Å². The van der Waals surface area contributed by atoms with Crippen molar-refractivity contribution in [1.29, 1.82) is 0 Å². The molecule has 0 aliphatic carbocycles. The third-order valence-corrected chi connectivity index (χ3v) is 2.12. The van der Waals surface area contributed by atoms with Gasteiger partial charge in [0.05, 0.1) is 12.2 Å². The second kappa shape index (κ2) is 7.34. The molecule has 0 amide bonds. The van der Waals surface area contributed by atoms with E-state index in [9.17, 15) is 0 Å². The van der Waals surface area contributed by atoms with Crippen LogP contribution in [0.25, 0.3) is 0 Å². The first kappa shape index (κ1) is 12.9. The summed E-state index contributed by atoms with van der Waals surface area (Å²) in [7, 11) is 0. The summed E-state index contributed by atoms with van der Waals surface area (Å²) in [5.74, 6) is 0.640. The van der Waals surface area contributed by atoms with Crippen molar-refractivity contribution in [2.45, 2.75) is 59.2 Å². The van der Waals surface area contributed by atoms with Crippen LogP contribution in [0.4, 0.5) is 0 Å². The molecule has 0 aliphatic rings. The van der Waals surface area contributed by atoms with Crippen LogP contribution in [0.3, 0.4) is 0 Å². The molecular weight excluding hydrogens is 164 g/mol. The maximum Gasteiger partial charge on any atom is 0.0571 e. The van der Waals surface area contributed by atoms with Crippen molar-refractivity contribution in [3.8, 4) is 0 Å². The smallest absolute Gasteiger partial charge is 0.0571 e. The summed E-state index contributed by atoms with van der Waals surface area (Å²) in [6.07, 6.45) is 3.10. The lowest BCUT2D eigenvalue weighted by Gasteiger charge is -2.17. The summed E-state index contributed by atoms with van der Waals surface area (Å²) < 4.78 is 5.61. The Morgan fingerprint density at radius 1 is 1.23 bits per heavy atom. The molecule has 80 valence electrons. The molecule has 2 nitrogen and oxygen atoms in total. The number of rotatable bonds is 7. The first-order valence-electron chi connectivity index (χ1n) is 5.35. The lowest BCUT2D eigenvalue weighted by molar-refractivity contribution is 0.0123. The summed E-state index contributed by atoms with van der Waals surface area (Å²) >= 11 is 0. The zero-order valence-electron chi connectivity index (χ0n) is 9.42. The summed E-state index contributed by atoms with van der Waals surface area (Å²) in [4.78, 5) is 0. The lowest BCUT2D eigenvalue weighted by Crippen LogP contribution is -2.18. The van der Waals surface area contributed by atoms with E-state index in [0.29, 0.717) is 5.92 Å². The Hall–Kier alpha value is -0.0800. The molecule has 3 unspecified atom stereocenters. The van der Waals surface area contributed by atoms with Crippen LogP contribution in [0.5, 0.6) is 0 Å². The van der Waals surface area contributed by atoms with Crippen LogP contribution in [-0.2, 0) is 4.74 Å². The van der Waals surface area contributed by atoms with Crippen molar-refractivity contribution in [3.05, 3.63) is 0 Å². The van der Waals surface area contributed by atoms with E-state index < -0.39 is 0 Å². The van der Waals surface area contributed by atoms with Gasteiger partial charge in [-0.15, -0.1) is 0 Å². The SMILES string of the molecule is CCCC(C)COC(C)CC(C)O. The summed E-state index contributed by atoms with van der Waals surface area (Å²) in [6, 6.07) is 0. The molecule has 3 atom stereocenters. The van der Waals surface area contributed by atoms with E-state index in [-0.39, 0.29) is 12.2 Å². The molecule has 0 bridgehead atoms. The minimum atomic E-state index is -0.253. The van der Waals surface area contributed by atoms with Gasteiger partial charge in [-0.3, -0.25) is 0 Å². The van der Waals surface area contributed by atoms with Crippen LogP contribution in [0, 0.1) is 5.92 Å². The van der Waals surface area contributed by atoms with Gasteiger partial charge in [-0.1, -0.05) is 20.3 Å². The first-order chi connectivity index (χ1) is 6.06. The van der Waals surface area contributed by atoms with E-state index in [2.05, 4.69) is 13.8 Å². The molecule has 0 radical (unpaired) electrons. The van der Waals surface area contributed by atoms with Crippen molar-refractivity contribution in [3.63, 3.8) is 0 Å². The highest BCUT2D eigenvalue weighted by Gasteiger charge is 2.08. The molecule has 0 saturated carbocycles. The van der Waals surface area contributed by atoms with Crippen LogP contribution in [0.2, 0.25) is 0 Å². The van der Waals surface area contributed by atoms with Crippen LogP contribution < -0.4 is 0 Å². The van der Waals surface area contributed by atoms with E-state index in [4.69, 9.17) is 9.84 Å². The number of aliphatic hydroxyl groups is 1. The maximum absolute atomic E-state index is 9.11. The summed E-state index contributed by atoms with van der Waals surface area (Å²) in [5.41, 5.74) is 0. The van der Waals surface area contributed by atoms with Crippen molar-refractivity contribution in [1.82, 2.24) is 0 Å². The molecule has 13 heavy (non-hydrogen) atoms. The lowest BCUT2D eigenvalue weighted by atomic mass is 10.1. The minimum absolute atomic E-state index is 0.180. The molecule has 0 aromatic carbocycles. The van der Waals surface area contributed by atoms with Gasteiger partial charge >= 0.3 is 0 Å². The fourth-order valence-corrected chi connectivity index (χ4v) is 1.45. The number of ether oxygens (including phenoxy) is 1. The molecule has 2 heteroatoms. The third-order valence-electron chi connectivity index (χ3n) is 2.12. The largest absolute Gasteiger partial charge is 0.393 e. The number of hydrogen-bond donors (Lipinski definition) is 1. The molecule has 0 aromatic heterocycles. The third kappa shape index (κ3) is 8.26. The molecule has 0 fully saturated rings. The number of aliphatic hydroxyl groups excluding tert-OH is 1. The molecule has 0 saturated heterocycles. The molecule has 0 heterocycles.